The molecule has 0 amide bonds. The van der Waals surface area contributed by atoms with Crippen molar-refractivity contribution in [3.05, 3.63) is 21.9 Å². The molecule has 4 nitrogen and oxygen atoms in total. The molecule has 1 heterocycles. The quantitative estimate of drug-likeness (QED) is 0.802. The molecule has 1 aromatic rings. The van der Waals surface area contributed by atoms with Gasteiger partial charge in [0.2, 0.25) is 0 Å². The maximum Gasteiger partial charge on any atom is 0.311 e. The second-order valence-corrected chi connectivity index (χ2v) is 3.85. The third-order valence-corrected chi connectivity index (χ3v) is 2.90. The van der Waals surface area contributed by atoms with Crippen LogP contribution in [0.1, 0.15) is 17.7 Å². The van der Waals surface area contributed by atoms with Gasteiger partial charge in [-0.05, 0) is 15.9 Å². The number of hydrogen-bond donors (Lipinski definition) is 0. The third-order valence-electron chi connectivity index (χ3n) is 2.08. The second kappa shape index (κ2) is 5.90. The standard InChI is InChI=1S/C10H10BrF2NO3/c1-16-6-4-14-5(3-7(15)17-2)8(9(6)11)10(12)13/h4,10H,3H2,1-2H3. The summed E-state index contributed by atoms with van der Waals surface area (Å²) in [6.45, 7) is 0. The number of pyridine rings is 1. The largest absolute Gasteiger partial charge is 0.494 e. The Kier molecular flexibility index (Phi) is 4.80. The van der Waals surface area contributed by atoms with Crippen LogP contribution in [0.5, 0.6) is 5.75 Å². The molecule has 7 heteroatoms. The Bertz CT molecular complexity index is 426. The number of aromatic nitrogens is 1. The van der Waals surface area contributed by atoms with Gasteiger partial charge in [0, 0.05) is 0 Å². The molecule has 0 aliphatic carbocycles. The van der Waals surface area contributed by atoms with Crippen molar-refractivity contribution in [3.8, 4) is 5.75 Å². The molecule has 0 aliphatic rings. The van der Waals surface area contributed by atoms with Gasteiger partial charge in [-0.2, -0.15) is 0 Å². The minimum Gasteiger partial charge on any atom is -0.494 e. The molecule has 0 bridgehead atoms. The van der Waals surface area contributed by atoms with Crippen molar-refractivity contribution >= 4 is 21.9 Å². The maximum absolute atomic E-state index is 12.9. The molecule has 0 saturated carbocycles. The van der Waals surface area contributed by atoms with E-state index in [1.807, 2.05) is 0 Å². The van der Waals surface area contributed by atoms with E-state index < -0.39 is 12.4 Å². The number of nitrogens with zero attached hydrogens (tertiary/aromatic N) is 1. The van der Waals surface area contributed by atoms with Crippen LogP contribution in [0.2, 0.25) is 0 Å². The fourth-order valence-electron chi connectivity index (χ4n) is 1.24. The molecule has 0 spiro atoms. The molecule has 0 unspecified atom stereocenters. The van der Waals surface area contributed by atoms with Crippen LogP contribution in [0.4, 0.5) is 8.78 Å². The van der Waals surface area contributed by atoms with Gasteiger partial charge in [0.15, 0.2) is 5.75 Å². The fourth-order valence-corrected chi connectivity index (χ4v) is 1.90. The first-order valence-electron chi connectivity index (χ1n) is 4.57. The monoisotopic (exact) mass is 309 g/mol. The van der Waals surface area contributed by atoms with E-state index in [1.54, 1.807) is 0 Å². The first kappa shape index (κ1) is 13.8. The van der Waals surface area contributed by atoms with Crippen molar-refractivity contribution in [1.82, 2.24) is 4.98 Å². The molecule has 0 atom stereocenters. The minimum atomic E-state index is -2.76. The second-order valence-electron chi connectivity index (χ2n) is 3.05. The summed E-state index contributed by atoms with van der Waals surface area (Å²) >= 11 is 3.01. The lowest BCUT2D eigenvalue weighted by molar-refractivity contribution is -0.139. The summed E-state index contributed by atoms with van der Waals surface area (Å²) in [7, 11) is 2.53. The van der Waals surface area contributed by atoms with Gasteiger partial charge < -0.3 is 9.47 Å². The van der Waals surface area contributed by atoms with Gasteiger partial charge in [0.05, 0.1) is 42.6 Å². The van der Waals surface area contributed by atoms with Crippen molar-refractivity contribution in [2.24, 2.45) is 0 Å². The van der Waals surface area contributed by atoms with Gasteiger partial charge in [-0.15, -0.1) is 0 Å². The van der Waals surface area contributed by atoms with Crippen LogP contribution in [0.25, 0.3) is 0 Å². The normalized spacial score (nSPS) is 10.5. The van der Waals surface area contributed by atoms with E-state index in [9.17, 15) is 13.6 Å². The Morgan fingerprint density at radius 3 is 2.65 bits per heavy atom. The number of halogens is 3. The summed E-state index contributed by atoms with van der Waals surface area (Å²) in [6.07, 6.45) is -1.79. The summed E-state index contributed by atoms with van der Waals surface area (Å²) in [6, 6.07) is 0. The Labute approximate surface area is 105 Å². The molecule has 0 N–H and O–H groups in total. The van der Waals surface area contributed by atoms with Crippen LogP contribution in [0.3, 0.4) is 0 Å². The molecule has 0 radical (unpaired) electrons. The molecule has 0 saturated heterocycles. The summed E-state index contributed by atoms with van der Waals surface area (Å²) in [5, 5.41) is 0. The predicted molar refractivity (Wildman–Crippen MR) is 59.2 cm³/mol. The number of methoxy groups -OCH3 is 2. The van der Waals surface area contributed by atoms with E-state index >= 15 is 0 Å². The van der Waals surface area contributed by atoms with E-state index in [2.05, 4.69) is 25.7 Å². The van der Waals surface area contributed by atoms with Gasteiger partial charge >= 0.3 is 5.97 Å². The van der Waals surface area contributed by atoms with E-state index in [0.717, 1.165) is 0 Å². The molecule has 0 aliphatic heterocycles. The molecular weight excluding hydrogens is 300 g/mol. The highest BCUT2D eigenvalue weighted by atomic mass is 79.9. The van der Waals surface area contributed by atoms with E-state index in [0.29, 0.717) is 0 Å². The zero-order chi connectivity index (χ0) is 13.0. The Hall–Kier alpha value is -1.24. The number of ether oxygens (including phenoxy) is 2. The van der Waals surface area contributed by atoms with Crippen LogP contribution in [-0.4, -0.2) is 25.2 Å². The number of hydrogen-bond acceptors (Lipinski definition) is 4. The first-order valence-corrected chi connectivity index (χ1v) is 5.36. The smallest absolute Gasteiger partial charge is 0.311 e. The number of carbonyl (C=O) groups is 1. The fraction of sp³-hybridized carbons (Fsp3) is 0.400. The number of carbonyl (C=O) groups excluding carboxylic acids is 1. The van der Waals surface area contributed by atoms with E-state index in [4.69, 9.17) is 4.74 Å². The lowest BCUT2D eigenvalue weighted by Gasteiger charge is -2.12. The Balaban J connectivity index is 3.21. The summed E-state index contributed by atoms with van der Waals surface area (Å²) < 4.78 is 35.1. The van der Waals surface area contributed by atoms with Gasteiger partial charge in [0.1, 0.15) is 0 Å². The SMILES string of the molecule is COC(=O)Cc1ncc(OC)c(Br)c1C(F)F. The van der Waals surface area contributed by atoms with Crippen LogP contribution >= 0.6 is 15.9 Å². The molecule has 0 fully saturated rings. The molecule has 94 valence electrons. The lowest BCUT2D eigenvalue weighted by Crippen LogP contribution is -2.10. The highest BCUT2D eigenvalue weighted by Gasteiger charge is 2.23. The lowest BCUT2D eigenvalue weighted by atomic mass is 10.1. The van der Waals surface area contributed by atoms with Crippen molar-refractivity contribution in [3.63, 3.8) is 0 Å². The van der Waals surface area contributed by atoms with Crippen molar-refractivity contribution in [2.75, 3.05) is 14.2 Å². The van der Waals surface area contributed by atoms with Gasteiger partial charge in [-0.3, -0.25) is 9.78 Å². The Morgan fingerprint density at radius 2 is 2.18 bits per heavy atom. The van der Waals surface area contributed by atoms with Gasteiger partial charge in [-0.25, -0.2) is 8.78 Å². The first-order chi connectivity index (χ1) is 8.01. The molecule has 1 aromatic heterocycles. The van der Waals surface area contributed by atoms with E-state index in [1.165, 1.54) is 20.4 Å². The van der Waals surface area contributed by atoms with Crippen molar-refractivity contribution in [1.29, 1.82) is 0 Å². The van der Waals surface area contributed by atoms with Crippen molar-refractivity contribution < 1.29 is 23.0 Å². The molecule has 0 aromatic carbocycles. The average molecular weight is 310 g/mol. The zero-order valence-corrected chi connectivity index (χ0v) is 10.8. The van der Waals surface area contributed by atoms with Gasteiger partial charge in [-0.1, -0.05) is 0 Å². The molecular formula is C10H10BrF2NO3. The predicted octanol–water partition coefficient (Wildman–Crippen LogP) is 2.51. The number of rotatable bonds is 4. The van der Waals surface area contributed by atoms with Gasteiger partial charge in [0.25, 0.3) is 6.43 Å². The molecule has 1 rings (SSSR count). The Morgan fingerprint density at radius 1 is 1.53 bits per heavy atom. The molecule has 17 heavy (non-hydrogen) atoms. The van der Waals surface area contributed by atoms with E-state index in [-0.39, 0.29) is 27.9 Å². The van der Waals surface area contributed by atoms with Crippen LogP contribution in [0, 0.1) is 0 Å². The summed E-state index contributed by atoms with van der Waals surface area (Å²) in [5.41, 5.74) is -0.380. The summed E-state index contributed by atoms with van der Waals surface area (Å²) in [5.74, 6) is -0.439. The van der Waals surface area contributed by atoms with Crippen LogP contribution in [-0.2, 0) is 16.0 Å². The van der Waals surface area contributed by atoms with Crippen molar-refractivity contribution in [2.45, 2.75) is 12.8 Å². The number of esters is 1. The number of alkyl halides is 2. The van der Waals surface area contributed by atoms with Crippen LogP contribution < -0.4 is 4.74 Å². The maximum atomic E-state index is 12.9. The highest BCUT2D eigenvalue weighted by molar-refractivity contribution is 9.10. The summed E-state index contributed by atoms with van der Waals surface area (Å²) in [4.78, 5) is 14.9. The zero-order valence-electron chi connectivity index (χ0n) is 9.17. The minimum absolute atomic E-state index is 0.0282. The highest BCUT2D eigenvalue weighted by Crippen LogP contribution is 2.36. The van der Waals surface area contributed by atoms with Crippen LogP contribution in [0.15, 0.2) is 10.7 Å². The third kappa shape index (κ3) is 3.12. The average Bonchev–Trinajstić information content (AvgIpc) is 2.28. The topological polar surface area (TPSA) is 48.4 Å².